The van der Waals surface area contributed by atoms with Gasteiger partial charge < -0.3 is 9.73 Å². The Morgan fingerprint density at radius 1 is 1.05 bits per heavy atom. The molecule has 21 heavy (non-hydrogen) atoms. The lowest BCUT2D eigenvalue weighted by molar-refractivity contribution is 0.588. The van der Waals surface area contributed by atoms with Gasteiger partial charge in [0.15, 0.2) is 0 Å². The van der Waals surface area contributed by atoms with Crippen LogP contribution in [0.3, 0.4) is 0 Å². The van der Waals surface area contributed by atoms with Gasteiger partial charge in [-0.2, -0.15) is 0 Å². The highest BCUT2D eigenvalue weighted by Gasteiger charge is 2.07. The van der Waals surface area contributed by atoms with Crippen molar-refractivity contribution in [3.8, 4) is 11.3 Å². The average molecular weight is 279 g/mol. The highest BCUT2D eigenvalue weighted by molar-refractivity contribution is 5.83. The summed E-state index contributed by atoms with van der Waals surface area (Å²) in [6.07, 6.45) is 0. The van der Waals surface area contributed by atoms with Crippen molar-refractivity contribution >= 4 is 11.0 Å². The van der Waals surface area contributed by atoms with E-state index in [-0.39, 0.29) is 0 Å². The van der Waals surface area contributed by atoms with Crippen LogP contribution in [0.25, 0.3) is 22.3 Å². The van der Waals surface area contributed by atoms with Crippen LogP contribution in [0.4, 0.5) is 0 Å². The van der Waals surface area contributed by atoms with Crippen molar-refractivity contribution in [3.05, 3.63) is 59.7 Å². The van der Waals surface area contributed by atoms with E-state index in [0.717, 1.165) is 28.8 Å². The Kier molecular flexibility index (Phi) is 3.80. The van der Waals surface area contributed by atoms with Crippen LogP contribution in [0.1, 0.15) is 25.0 Å². The van der Waals surface area contributed by atoms with E-state index in [2.05, 4.69) is 68.6 Å². The number of fused-ring (bicyclic) bond motifs is 1. The second-order valence-corrected chi connectivity index (χ2v) is 5.89. The Balaban J connectivity index is 1.92. The predicted molar refractivity (Wildman–Crippen MR) is 88.4 cm³/mol. The maximum absolute atomic E-state index is 5.97. The van der Waals surface area contributed by atoms with Crippen LogP contribution in [-0.2, 0) is 6.54 Å². The Bertz CT molecular complexity index is 755. The minimum Gasteiger partial charge on any atom is -0.456 e. The molecule has 3 aromatic rings. The van der Waals surface area contributed by atoms with E-state index in [1.54, 1.807) is 0 Å². The SMILES string of the molecule is Cc1ccc2oc(-c3cccc(CNC(C)C)c3)cc2c1. The highest BCUT2D eigenvalue weighted by Crippen LogP contribution is 2.28. The van der Waals surface area contributed by atoms with Crippen molar-refractivity contribution in [2.45, 2.75) is 33.4 Å². The molecule has 0 amide bonds. The van der Waals surface area contributed by atoms with E-state index in [0.29, 0.717) is 6.04 Å². The molecule has 2 nitrogen and oxygen atoms in total. The predicted octanol–water partition coefficient (Wildman–Crippen LogP) is 4.91. The van der Waals surface area contributed by atoms with Gasteiger partial charge in [0.25, 0.3) is 0 Å². The maximum atomic E-state index is 5.97. The molecule has 3 rings (SSSR count). The third-order valence-corrected chi connectivity index (χ3v) is 3.60. The van der Waals surface area contributed by atoms with Gasteiger partial charge in [0.1, 0.15) is 11.3 Å². The summed E-state index contributed by atoms with van der Waals surface area (Å²) in [7, 11) is 0. The van der Waals surface area contributed by atoms with Crippen LogP contribution in [0, 0.1) is 6.92 Å². The molecule has 0 spiro atoms. The Morgan fingerprint density at radius 3 is 2.71 bits per heavy atom. The lowest BCUT2D eigenvalue weighted by Gasteiger charge is -2.08. The monoisotopic (exact) mass is 279 g/mol. The molecular formula is C19H21NO. The molecule has 1 heterocycles. The fourth-order valence-corrected chi connectivity index (χ4v) is 2.46. The number of furan rings is 1. The van der Waals surface area contributed by atoms with Crippen LogP contribution in [0.2, 0.25) is 0 Å². The molecule has 0 aliphatic carbocycles. The lowest BCUT2D eigenvalue weighted by Crippen LogP contribution is -2.21. The molecule has 0 saturated carbocycles. The van der Waals surface area contributed by atoms with Crippen molar-refractivity contribution < 1.29 is 4.42 Å². The first-order chi connectivity index (χ1) is 10.1. The number of rotatable bonds is 4. The molecule has 0 unspecified atom stereocenters. The van der Waals surface area contributed by atoms with Gasteiger partial charge in [-0.1, -0.05) is 43.7 Å². The maximum Gasteiger partial charge on any atom is 0.135 e. The van der Waals surface area contributed by atoms with E-state index in [9.17, 15) is 0 Å². The molecule has 0 saturated heterocycles. The number of hydrogen-bond donors (Lipinski definition) is 1. The largest absolute Gasteiger partial charge is 0.456 e. The summed E-state index contributed by atoms with van der Waals surface area (Å²) in [6.45, 7) is 7.30. The summed E-state index contributed by atoms with van der Waals surface area (Å²) in [6, 6.07) is 17.4. The standard InChI is InChI=1S/C19H21NO/c1-13(2)20-12-15-5-4-6-16(10-15)19-11-17-9-14(3)7-8-18(17)21-19/h4-11,13,20H,12H2,1-3H3. The highest BCUT2D eigenvalue weighted by atomic mass is 16.3. The van der Waals surface area contributed by atoms with Gasteiger partial charge in [-0.25, -0.2) is 0 Å². The molecule has 2 heteroatoms. The molecule has 0 radical (unpaired) electrons. The van der Waals surface area contributed by atoms with Crippen molar-refractivity contribution in [2.75, 3.05) is 0 Å². The zero-order valence-electron chi connectivity index (χ0n) is 12.8. The quantitative estimate of drug-likeness (QED) is 0.734. The van der Waals surface area contributed by atoms with Crippen molar-refractivity contribution in [2.24, 2.45) is 0 Å². The van der Waals surface area contributed by atoms with E-state index in [1.807, 2.05) is 6.07 Å². The first-order valence-electron chi connectivity index (χ1n) is 7.45. The summed E-state index contributed by atoms with van der Waals surface area (Å²) in [4.78, 5) is 0. The van der Waals surface area contributed by atoms with Gasteiger partial charge >= 0.3 is 0 Å². The van der Waals surface area contributed by atoms with Gasteiger partial charge in [0, 0.05) is 23.5 Å². The molecular weight excluding hydrogens is 258 g/mol. The third-order valence-electron chi connectivity index (χ3n) is 3.60. The molecule has 1 N–H and O–H groups in total. The van der Waals surface area contributed by atoms with Crippen molar-refractivity contribution in [3.63, 3.8) is 0 Å². The molecule has 0 aliphatic heterocycles. The second-order valence-electron chi connectivity index (χ2n) is 5.89. The van der Waals surface area contributed by atoms with Crippen LogP contribution in [0.15, 0.2) is 52.9 Å². The minimum absolute atomic E-state index is 0.489. The van der Waals surface area contributed by atoms with Gasteiger partial charge in [0.05, 0.1) is 0 Å². The molecule has 0 fully saturated rings. The third kappa shape index (κ3) is 3.17. The van der Waals surface area contributed by atoms with Crippen LogP contribution < -0.4 is 5.32 Å². The van der Waals surface area contributed by atoms with Gasteiger partial charge in [-0.15, -0.1) is 0 Å². The first kappa shape index (κ1) is 13.9. The minimum atomic E-state index is 0.489. The summed E-state index contributed by atoms with van der Waals surface area (Å²) in [5, 5.41) is 4.61. The number of hydrogen-bond acceptors (Lipinski definition) is 2. The Hall–Kier alpha value is -2.06. The molecule has 0 bridgehead atoms. The smallest absolute Gasteiger partial charge is 0.135 e. The lowest BCUT2D eigenvalue weighted by atomic mass is 10.1. The molecule has 2 aromatic carbocycles. The summed E-state index contributed by atoms with van der Waals surface area (Å²) >= 11 is 0. The first-order valence-corrected chi connectivity index (χ1v) is 7.45. The zero-order chi connectivity index (χ0) is 14.8. The van der Waals surface area contributed by atoms with Gasteiger partial charge in [0.2, 0.25) is 0 Å². The summed E-state index contributed by atoms with van der Waals surface area (Å²) in [5.74, 6) is 0.932. The Labute approximate surface area is 125 Å². The topological polar surface area (TPSA) is 25.2 Å². The van der Waals surface area contributed by atoms with Crippen LogP contribution in [-0.4, -0.2) is 6.04 Å². The fourth-order valence-electron chi connectivity index (χ4n) is 2.46. The fraction of sp³-hybridized carbons (Fsp3) is 0.263. The normalized spacial score (nSPS) is 11.4. The number of nitrogens with one attached hydrogen (secondary N) is 1. The average Bonchev–Trinajstić information content (AvgIpc) is 2.88. The second kappa shape index (κ2) is 5.74. The summed E-state index contributed by atoms with van der Waals surface area (Å²) < 4.78 is 5.97. The van der Waals surface area contributed by atoms with E-state index < -0.39 is 0 Å². The molecule has 1 aromatic heterocycles. The zero-order valence-corrected chi connectivity index (χ0v) is 12.8. The number of benzene rings is 2. The molecule has 0 atom stereocenters. The number of aryl methyl sites for hydroxylation is 1. The molecule has 108 valence electrons. The van der Waals surface area contributed by atoms with Gasteiger partial charge in [-0.3, -0.25) is 0 Å². The van der Waals surface area contributed by atoms with E-state index >= 15 is 0 Å². The van der Waals surface area contributed by atoms with Crippen molar-refractivity contribution in [1.29, 1.82) is 0 Å². The van der Waals surface area contributed by atoms with Crippen LogP contribution >= 0.6 is 0 Å². The molecule has 0 aliphatic rings. The van der Waals surface area contributed by atoms with E-state index in [4.69, 9.17) is 4.42 Å². The van der Waals surface area contributed by atoms with Crippen LogP contribution in [0.5, 0.6) is 0 Å². The van der Waals surface area contributed by atoms with E-state index in [1.165, 1.54) is 11.1 Å². The van der Waals surface area contributed by atoms with Gasteiger partial charge in [-0.05, 0) is 36.8 Å². The Morgan fingerprint density at radius 2 is 1.90 bits per heavy atom. The van der Waals surface area contributed by atoms with Crippen molar-refractivity contribution in [1.82, 2.24) is 5.32 Å². The summed E-state index contributed by atoms with van der Waals surface area (Å²) in [5.41, 5.74) is 4.61.